The molecule has 7 nitrogen and oxygen atoms in total. The molecule has 1 saturated heterocycles. The lowest BCUT2D eigenvalue weighted by atomic mass is 10.00. The van der Waals surface area contributed by atoms with Crippen molar-refractivity contribution in [3.63, 3.8) is 0 Å². The number of aromatic nitrogens is 2. The van der Waals surface area contributed by atoms with Gasteiger partial charge in [0.1, 0.15) is 5.75 Å². The molecule has 0 bridgehead atoms. The Morgan fingerprint density at radius 1 is 1.17 bits per heavy atom. The molecule has 2 aromatic carbocycles. The van der Waals surface area contributed by atoms with Crippen molar-refractivity contribution < 1.29 is 9.53 Å². The summed E-state index contributed by atoms with van der Waals surface area (Å²) in [5.74, 6) is 6.97. The van der Waals surface area contributed by atoms with Gasteiger partial charge in [0.2, 0.25) is 0 Å². The first-order chi connectivity index (χ1) is 17.6. The minimum atomic E-state index is -0.0143. The third-order valence-corrected chi connectivity index (χ3v) is 6.49. The molecule has 0 spiro atoms. The van der Waals surface area contributed by atoms with Crippen LogP contribution in [0.5, 0.6) is 5.75 Å². The van der Waals surface area contributed by atoms with E-state index >= 15 is 0 Å². The van der Waals surface area contributed by atoms with Crippen molar-refractivity contribution >= 4 is 5.91 Å². The molecule has 0 radical (unpaired) electrons. The van der Waals surface area contributed by atoms with E-state index in [1.807, 2.05) is 47.5 Å². The largest absolute Gasteiger partial charge is 0.497 e. The van der Waals surface area contributed by atoms with Crippen LogP contribution in [-0.4, -0.2) is 59.0 Å². The maximum absolute atomic E-state index is 13.5. The van der Waals surface area contributed by atoms with Gasteiger partial charge >= 0.3 is 0 Å². The zero-order valence-corrected chi connectivity index (χ0v) is 20.8. The normalized spacial score (nSPS) is 14.4. The van der Waals surface area contributed by atoms with E-state index in [-0.39, 0.29) is 11.9 Å². The number of aromatic amines is 1. The Morgan fingerprint density at radius 2 is 1.94 bits per heavy atom. The van der Waals surface area contributed by atoms with Crippen molar-refractivity contribution in [1.29, 1.82) is 5.26 Å². The van der Waals surface area contributed by atoms with E-state index in [4.69, 9.17) is 10.00 Å². The Morgan fingerprint density at radius 3 is 2.58 bits per heavy atom. The number of nitrogens with zero attached hydrogens (tertiary/aromatic N) is 4. The lowest BCUT2D eigenvalue weighted by molar-refractivity contribution is 0.0562. The van der Waals surface area contributed by atoms with Crippen LogP contribution in [0.2, 0.25) is 0 Å². The molecule has 36 heavy (non-hydrogen) atoms. The molecule has 184 valence electrons. The molecule has 1 fully saturated rings. The number of hydrogen-bond acceptors (Lipinski definition) is 5. The van der Waals surface area contributed by atoms with Gasteiger partial charge in [-0.3, -0.25) is 9.69 Å². The molecule has 2 heterocycles. The number of nitrogens with one attached hydrogen (secondary N) is 1. The summed E-state index contributed by atoms with van der Waals surface area (Å²) in [7, 11) is 1.61. The summed E-state index contributed by atoms with van der Waals surface area (Å²) in [6.07, 6.45) is 6.13. The topological polar surface area (TPSA) is 85.2 Å². The first-order valence-corrected chi connectivity index (χ1v) is 12.3. The predicted molar refractivity (Wildman–Crippen MR) is 138 cm³/mol. The molecule has 1 aliphatic rings. The van der Waals surface area contributed by atoms with E-state index in [0.717, 1.165) is 49.2 Å². The van der Waals surface area contributed by atoms with Gasteiger partial charge in [0, 0.05) is 44.4 Å². The molecule has 0 aliphatic carbocycles. The molecule has 7 heteroatoms. The maximum Gasteiger partial charge on any atom is 0.255 e. The molecule has 1 amide bonds. The Labute approximate surface area is 212 Å². The number of unbranched alkanes of at least 4 members (excludes halogenated alkanes) is 1. The molecule has 3 aromatic rings. The quantitative estimate of drug-likeness (QED) is 0.512. The predicted octanol–water partition coefficient (Wildman–Crippen LogP) is 4.18. The first-order valence-electron chi connectivity index (χ1n) is 12.3. The fraction of sp³-hybridized carbons (Fsp3) is 0.345. The van der Waals surface area contributed by atoms with Crippen LogP contribution >= 0.6 is 0 Å². The number of piperazine rings is 1. The summed E-state index contributed by atoms with van der Waals surface area (Å²) < 4.78 is 5.38. The summed E-state index contributed by atoms with van der Waals surface area (Å²) >= 11 is 0. The van der Waals surface area contributed by atoms with E-state index in [1.54, 1.807) is 19.5 Å². The van der Waals surface area contributed by atoms with Crippen LogP contribution < -0.4 is 4.74 Å². The average Bonchev–Trinajstić information content (AvgIpc) is 3.47. The number of carbonyl (C=O) groups excluding carboxylic acids is 1. The number of H-pyrrole nitrogens is 1. The summed E-state index contributed by atoms with van der Waals surface area (Å²) in [5.41, 5.74) is 4.18. The van der Waals surface area contributed by atoms with Crippen LogP contribution in [0.15, 0.2) is 55.0 Å². The minimum absolute atomic E-state index is 0.0143. The van der Waals surface area contributed by atoms with Crippen LogP contribution in [0.1, 0.15) is 58.5 Å². The number of ether oxygens (including phenoxy) is 1. The van der Waals surface area contributed by atoms with Gasteiger partial charge in [-0.05, 0) is 48.7 Å². The van der Waals surface area contributed by atoms with Crippen LogP contribution in [0, 0.1) is 23.2 Å². The maximum atomic E-state index is 13.5. The van der Waals surface area contributed by atoms with E-state index in [0.29, 0.717) is 30.0 Å². The van der Waals surface area contributed by atoms with Crippen LogP contribution in [0.4, 0.5) is 0 Å². The molecule has 1 aliphatic heterocycles. The van der Waals surface area contributed by atoms with Gasteiger partial charge in [-0.1, -0.05) is 30.9 Å². The van der Waals surface area contributed by atoms with Gasteiger partial charge in [0.05, 0.1) is 42.4 Å². The number of hydrogen-bond donors (Lipinski definition) is 1. The van der Waals surface area contributed by atoms with Gasteiger partial charge < -0.3 is 14.6 Å². The lowest BCUT2D eigenvalue weighted by Gasteiger charge is -2.39. The number of imidazole rings is 1. The highest BCUT2D eigenvalue weighted by atomic mass is 16.5. The molecule has 1 N–H and O–H groups in total. The van der Waals surface area contributed by atoms with E-state index < -0.39 is 0 Å². The second-order valence-electron chi connectivity index (χ2n) is 8.83. The van der Waals surface area contributed by atoms with Crippen molar-refractivity contribution in [1.82, 2.24) is 19.8 Å². The lowest BCUT2D eigenvalue weighted by Crippen LogP contribution is -2.50. The summed E-state index contributed by atoms with van der Waals surface area (Å²) in [4.78, 5) is 25.3. The zero-order valence-electron chi connectivity index (χ0n) is 20.8. The number of rotatable bonds is 7. The Kier molecular flexibility index (Phi) is 8.39. The standard InChI is InChI=1S/C29H31N5O2/c1-3-4-5-6-24-11-12-25(36-2)18-26(24)29(35)34-15-13-33(14-16-34)28(27-20-31-21-32-27)17-22-7-9-23(19-30)10-8-22/h7-12,18,20-21,28H,3-4,13-17H2,1-2H3,(H,31,32). The number of amides is 1. The second-order valence-corrected chi connectivity index (χ2v) is 8.83. The Bertz CT molecular complexity index is 1260. The van der Waals surface area contributed by atoms with Crippen molar-refractivity contribution in [3.8, 4) is 23.7 Å². The zero-order chi connectivity index (χ0) is 25.3. The third kappa shape index (κ3) is 5.94. The highest BCUT2D eigenvalue weighted by Gasteiger charge is 2.29. The fourth-order valence-electron chi connectivity index (χ4n) is 4.45. The van der Waals surface area contributed by atoms with Crippen molar-refractivity contribution in [2.45, 2.75) is 32.2 Å². The smallest absolute Gasteiger partial charge is 0.255 e. The molecule has 1 atom stereocenters. The van der Waals surface area contributed by atoms with Crippen molar-refractivity contribution in [2.75, 3.05) is 33.3 Å². The molecule has 4 rings (SSSR count). The van der Waals surface area contributed by atoms with E-state index in [9.17, 15) is 4.79 Å². The van der Waals surface area contributed by atoms with Gasteiger partial charge in [-0.15, -0.1) is 0 Å². The Hall–Kier alpha value is -4.07. The highest BCUT2D eigenvalue weighted by molar-refractivity contribution is 5.97. The number of benzene rings is 2. The third-order valence-electron chi connectivity index (χ3n) is 6.49. The number of nitriles is 1. The van der Waals surface area contributed by atoms with Crippen LogP contribution in [0.25, 0.3) is 0 Å². The Balaban J connectivity index is 1.48. The van der Waals surface area contributed by atoms with E-state index in [1.165, 1.54) is 0 Å². The molecular formula is C29H31N5O2. The monoisotopic (exact) mass is 481 g/mol. The van der Waals surface area contributed by atoms with Gasteiger partial charge in [-0.25, -0.2) is 4.98 Å². The highest BCUT2D eigenvalue weighted by Crippen LogP contribution is 2.26. The van der Waals surface area contributed by atoms with E-state index in [2.05, 4.69) is 39.7 Å². The summed E-state index contributed by atoms with van der Waals surface area (Å²) in [6.45, 7) is 4.82. The molecule has 1 unspecified atom stereocenters. The minimum Gasteiger partial charge on any atom is -0.497 e. The van der Waals surface area contributed by atoms with Gasteiger partial charge in [-0.2, -0.15) is 5.26 Å². The van der Waals surface area contributed by atoms with Crippen LogP contribution in [0.3, 0.4) is 0 Å². The second kappa shape index (κ2) is 12.1. The fourth-order valence-corrected chi connectivity index (χ4v) is 4.45. The first kappa shape index (κ1) is 25.0. The number of methoxy groups -OCH3 is 1. The van der Waals surface area contributed by atoms with Gasteiger partial charge in [0.25, 0.3) is 5.91 Å². The summed E-state index contributed by atoms with van der Waals surface area (Å²) in [5, 5.41) is 9.10. The van der Waals surface area contributed by atoms with Crippen molar-refractivity contribution in [2.24, 2.45) is 0 Å². The van der Waals surface area contributed by atoms with Crippen molar-refractivity contribution in [3.05, 3.63) is 82.9 Å². The molecule has 0 saturated carbocycles. The number of carbonyl (C=O) groups is 1. The van der Waals surface area contributed by atoms with Crippen LogP contribution in [-0.2, 0) is 6.42 Å². The molecule has 1 aromatic heterocycles. The average molecular weight is 482 g/mol. The van der Waals surface area contributed by atoms with Gasteiger partial charge in [0.15, 0.2) is 0 Å². The summed E-state index contributed by atoms with van der Waals surface area (Å²) in [6, 6.07) is 15.5. The SMILES string of the molecule is CCCC#Cc1ccc(OC)cc1C(=O)N1CCN(C(Cc2ccc(C#N)cc2)c2cnc[nH]2)CC1. The molecular weight excluding hydrogens is 450 g/mol.